The molecule has 2 bridgehead atoms. The Kier molecular flexibility index (Phi) is 5.09. The van der Waals surface area contributed by atoms with Crippen molar-refractivity contribution in [2.24, 2.45) is 17.8 Å². The van der Waals surface area contributed by atoms with E-state index in [9.17, 15) is 4.79 Å². The summed E-state index contributed by atoms with van der Waals surface area (Å²) in [6, 6.07) is 7.79. The molecular formula is C19H27NO3. The van der Waals surface area contributed by atoms with Crippen molar-refractivity contribution in [2.45, 2.75) is 45.1 Å². The van der Waals surface area contributed by atoms with Crippen molar-refractivity contribution in [3.8, 4) is 11.5 Å². The van der Waals surface area contributed by atoms with Gasteiger partial charge in [-0.3, -0.25) is 4.79 Å². The third-order valence-corrected chi connectivity index (χ3v) is 5.48. The molecule has 0 radical (unpaired) electrons. The van der Waals surface area contributed by atoms with Crippen molar-refractivity contribution in [3.05, 3.63) is 24.3 Å². The van der Waals surface area contributed by atoms with Gasteiger partial charge < -0.3 is 14.8 Å². The molecule has 2 aliphatic carbocycles. The van der Waals surface area contributed by atoms with Crippen LogP contribution in [-0.2, 0) is 4.79 Å². The Labute approximate surface area is 138 Å². The van der Waals surface area contributed by atoms with E-state index in [4.69, 9.17) is 9.47 Å². The molecule has 0 heterocycles. The van der Waals surface area contributed by atoms with E-state index in [-0.39, 0.29) is 11.9 Å². The zero-order valence-corrected chi connectivity index (χ0v) is 14.1. The summed E-state index contributed by atoms with van der Waals surface area (Å²) in [6.07, 6.45) is 5.80. The summed E-state index contributed by atoms with van der Waals surface area (Å²) >= 11 is 0. The number of fused-ring (bicyclic) bond motifs is 2. The minimum Gasteiger partial charge on any atom is -0.493 e. The fourth-order valence-corrected chi connectivity index (χ4v) is 4.33. The summed E-state index contributed by atoms with van der Waals surface area (Å²) in [5, 5.41) is 3.17. The maximum atomic E-state index is 12.1. The molecule has 4 unspecified atom stereocenters. The largest absolute Gasteiger partial charge is 0.493 e. The molecule has 0 aliphatic heterocycles. The molecule has 1 amide bonds. The molecule has 3 rings (SSSR count). The van der Waals surface area contributed by atoms with Crippen molar-refractivity contribution in [1.82, 2.24) is 5.32 Å². The van der Waals surface area contributed by atoms with Crippen LogP contribution < -0.4 is 14.8 Å². The number of ether oxygens (including phenoxy) is 2. The van der Waals surface area contributed by atoms with Gasteiger partial charge in [0, 0.05) is 6.04 Å². The highest BCUT2D eigenvalue weighted by atomic mass is 16.5. The lowest BCUT2D eigenvalue weighted by Crippen LogP contribution is -2.40. The monoisotopic (exact) mass is 317 g/mol. The molecule has 1 N–H and O–H groups in total. The van der Waals surface area contributed by atoms with E-state index < -0.39 is 0 Å². The van der Waals surface area contributed by atoms with E-state index in [2.05, 4.69) is 12.2 Å². The maximum absolute atomic E-state index is 12.1. The Hall–Kier alpha value is -1.71. The second-order valence-corrected chi connectivity index (χ2v) is 6.94. The molecule has 2 aliphatic rings. The summed E-state index contributed by atoms with van der Waals surface area (Å²) in [5.41, 5.74) is 0. The summed E-state index contributed by atoms with van der Waals surface area (Å²) in [6.45, 7) is 2.53. The zero-order chi connectivity index (χ0) is 16.2. The van der Waals surface area contributed by atoms with Gasteiger partial charge in [0.2, 0.25) is 5.91 Å². The minimum absolute atomic E-state index is 0.0789. The molecule has 0 saturated heterocycles. The van der Waals surface area contributed by atoms with E-state index in [0.29, 0.717) is 30.4 Å². The summed E-state index contributed by atoms with van der Waals surface area (Å²) in [7, 11) is 1.62. The number of carbonyl (C=O) groups is 1. The van der Waals surface area contributed by atoms with Crippen LogP contribution in [0, 0.1) is 17.8 Å². The first kappa shape index (κ1) is 16.2. The minimum atomic E-state index is 0.0789. The lowest BCUT2D eigenvalue weighted by molar-refractivity contribution is -0.122. The average molecular weight is 317 g/mol. The number of rotatable bonds is 7. The normalized spacial score (nSPS) is 26.8. The quantitative estimate of drug-likeness (QED) is 0.838. The predicted molar refractivity (Wildman–Crippen MR) is 89.6 cm³/mol. The Morgan fingerprint density at radius 2 is 2.04 bits per heavy atom. The van der Waals surface area contributed by atoms with E-state index in [1.54, 1.807) is 7.11 Å². The molecule has 126 valence electrons. The average Bonchev–Trinajstić information content (AvgIpc) is 3.18. The standard InChI is InChI=1S/C19H27NO3/c1-13(16-12-14-7-8-15(16)11-14)20-19(21)9-10-23-18-6-4-3-5-17(18)22-2/h3-6,13-16H,7-12H2,1-2H3,(H,20,21). The van der Waals surface area contributed by atoms with Crippen molar-refractivity contribution < 1.29 is 14.3 Å². The van der Waals surface area contributed by atoms with Crippen LogP contribution in [0.25, 0.3) is 0 Å². The highest BCUT2D eigenvalue weighted by Gasteiger charge is 2.42. The maximum Gasteiger partial charge on any atom is 0.223 e. The molecule has 4 nitrogen and oxygen atoms in total. The molecule has 0 spiro atoms. The van der Waals surface area contributed by atoms with Crippen LogP contribution >= 0.6 is 0 Å². The van der Waals surface area contributed by atoms with Crippen LogP contribution in [0.5, 0.6) is 11.5 Å². The number of nitrogens with one attached hydrogen (secondary N) is 1. The fourth-order valence-electron chi connectivity index (χ4n) is 4.33. The van der Waals surface area contributed by atoms with Crippen molar-refractivity contribution in [1.29, 1.82) is 0 Å². The third kappa shape index (κ3) is 3.80. The number of methoxy groups -OCH3 is 1. The number of carbonyl (C=O) groups excluding carboxylic acids is 1. The highest BCUT2D eigenvalue weighted by Crippen LogP contribution is 2.49. The van der Waals surface area contributed by atoms with Crippen LogP contribution in [0.15, 0.2) is 24.3 Å². The number of hydrogen-bond acceptors (Lipinski definition) is 3. The van der Waals surface area contributed by atoms with Gasteiger partial charge in [-0.2, -0.15) is 0 Å². The van der Waals surface area contributed by atoms with Crippen LogP contribution in [0.2, 0.25) is 0 Å². The Morgan fingerprint density at radius 1 is 1.26 bits per heavy atom. The molecule has 23 heavy (non-hydrogen) atoms. The van der Waals surface area contributed by atoms with Gasteiger partial charge in [-0.05, 0) is 56.1 Å². The van der Waals surface area contributed by atoms with Gasteiger partial charge in [-0.15, -0.1) is 0 Å². The summed E-state index contributed by atoms with van der Waals surface area (Å²) in [5.74, 6) is 3.88. The first-order chi connectivity index (χ1) is 11.2. The van der Waals surface area contributed by atoms with E-state index in [1.165, 1.54) is 25.7 Å². The number of hydrogen-bond donors (Lipinski definition) is 1. The van der Waals surface area contributed by atoms with Gasteiger partial charge in [0.1, 0.15) is 0 Å². The fraction of sp³-hybridized carbons (Fsp3) is 0.632. The topological polar surface area (TPSA) is 47.6 Å². The number of amides is 1. The summed E-state index contributed by atoms with van der Waals surface area (Å²) < 4.78 is 10.9. The van der Waals surface area contributed by atoms with Crippen molar-refractivity contribution in [2.75, 3.05) is 13.7 Å². The van der Waals surface area contributed by atoms with Crippen LogP contribution in [0.4, 0.5) is 0 Å². The van der Waals surface area contributed by atoms with E-state index >= 15 is 0 Å². The van der Waals surface area contributed by atoms with E-state index in [1.807, 2.05) is 24.3 Å². The second kappa shape index (κ2) is 7.24. The SMILES string of the molecule is COc1ccccc1OCCC(=O)NC(C)C1CC2CCC1C2. The summed E-state index contributed by atoms with van der Waals surface area (Å²) in [4.78, 5) is 12.1. The zero-order valence-electron chi connectivity index (χ0n) is 14.1. The Balaban J connectivity index is 1.41. The van der Waals surface area contributed by atoms with Gasteiger partial charge in [0.15, 0.2) is 11.5 Å². The Morgan fingerprint density at radius 3 is 2.70 bits per heavy atom. The molecular weight excluding hydrogens is 290 g/mol. The molecule has 0 aromatic heterocycles. The number of para-hydroxylation sites is 2. The molecule has 1 aromatic carbocycles. The lowest BCUT2D eigenvalue weighted by Gasteiger charge is -2.28. The van der Waals surface area contributed by atoms with Gasteiger partial charge in [0.05, 0.1) is 20.1 Å². The first-order valence-electron chi connectivity index (χ1n) is 8.72. The highest BCUT2D eigenvalue weighted by molar-refractivity contribution is 5.76. The van der Waals surface area contributed by atoms with Crippen LogP contribution in [0.3, 0.4) is 0 Å². The third-order valence-electron chi connectivity index (χ3n) is 5.48. The van der Waals surface area contributed by atoms with Crippen LogP contribution in [-0.4, -0.2) is 25.7 Å². The molecule has 4 heteroatoms. The molecule has 2 fully saturated rings. The van der Waals surface area contributed by atoms with Gasteiger partial charge in [-0.25, -0.2) is 0 Å². The number of benzene rings is 1. The van der Waals surface area contributed by atoms with E-state index in [0.717, 1.165) is 11.8 Å². The predicted octanol–water partition coefficient (Wildman–Crippen LogP) is 3.41. The van der Waals surface area contributed by atoms with Gasteiger partial charge in [-0.1, -0.05) is 18.6 Å². The van der Waals surface area contributed by atoms with Crippen LogP contribution in [0.1, 0.15) is 39.0 Å². The smallest absolute Gasteiger partial charge is 0.223 e. The molecule has 1 aromatic rings. The van der Waals surface area contributed by atoms with Crippen molar-refractivity contribution in [3.63, 3.8) is 0 Å². The van der Waals surface area contributed by atoms with Gasteiger partial charge in [0.25, 0.3) is 0 Å². The molecule has 2 saturated carbocycles. The Bertz CT molecular complexity index is 545. The first-order valence-corrected chi connectivity index (χ1v) is 8.72. The second-order valence-electron chi connectivity index (χ2n) is 6.94. The van der Waals surface area contributed by atoms with Crippen molar-refractivity contribution >= 4 is 5.91 Å². The lowest BCUT2D eigenvalue weighted by atomic mass is 9.84. The van der Waals surface area contributed by atoms with Gasteiger partial charge >= 0.3 is 0 Å². The molecule has 4 atom stereocenters.